The van der Waals surface area contributed by atoms with Gasteiger partial charge in [0.2, 0.25) is 12.8 Å². The van der Waals surface area contributed by atoms with E-state index < -0.39 is 18.0 Å². The molecule has 3 aliphatic heterocycles. The van der Waals surface area contributed by atoms with Gasteiger partial charge in [0.1, 0.15) is 18.0 Å². The average Bonchev–Trinajstić information content (AvgIpc) is 3.36. The number of nitrogens with zero attached hydrogens (tertiary/aromatic N) is 3. The molecule has 0 saturated carbocycles. The first kappa shape index (κ1) is 22.3. The van der Waals surface area contributed by atoms with Crippen molar-refractivity contribution in [1.29, 1.82) is 0 Å². The standard InChI is InChI=1S/C25H22N4O6/c1-33-18-7-4-16(5-8-18)13-29-24(31)23-19(3-2-10-26-23)28(25(29)32)14-22(30)27-12-17-6-9-20-21(11-17)35-15-34-20/h2-11,23H,12-15H2,1H3/p+1. The highest BCUT2D eigenvalue weighted by Crippen LogP contribution is 2.32. The maximum Gasteiger partial charge on any atom is 0.501 e. The Bertz CT molecular complexity index is 1280. The van der Waals surface area contributed by atoms with Crippen molar-refractivity contribution in [3.63, 3.8) is 0 Å². The van der Waals surface area contributed by atoms with Crippen molar-refractivity contribution in [3.8, 4) is 17.2 Å². The lowest BCUT2D eigenvalue weighted by atomic mass is 10.0. The van der Waals surface area contributed by atoms with Crippen molar-refractivity contribution in [2.75, 3.05) is 20.4 Å². The molecule has 0 fully saturated rings. The van der Waals surface area contributed by atoms with Crippen molar-refractivity contribution >= 4 is 29.8 Å². The van der Waals surface area contributed by atoms with Crippen LogP contribution in [-0.2, 0) is 22.7 Å². The molecule has 4 amide bonds. The second kappa shape index (κ2) is 9.41. The molecular formula is C25H23N4O6+. The number of fused-ring (bicyclic) bond motifs is 2. The van der Waals surface area contributed by atoms with Gasteiger partial charge in [-0.25, -0.2) is 4.79 Å². The first-order valence-corrected chi connectivity index (χ1v) is 11.0. The van der Waals surface area contributed by atoms with E-state index in [4.69, 9.17) is 14.2 Å². The number of methoxy groups -OCH3 is 1. The van der Waals surface area contributed by atoms with E-state index in [1.54, 1.807) is 55.7 Å². The smallest absolute Gasteiger partial charge is 0.497 e. The fraction of sp³-hybridized carbons (Fsp3) is 0.240. The van der Waals surface area contributed by atoms with Gasteiger partial charge >= 0.3 is 11.9 Å². The topological polar surface area (TPSA) is 110 Å². The fourth-order valence-electron chi connectivity index (χ4n) is 4.04. The zero-order valence-electron chi connectivity index (χ0n) is 19.0. The third-order valence-corrected chi connectivity index (χ3v) is 5.87. The Labute approximate surface area is 201 Å². The highest BCUT2D eigenvalue weighted by atomic mass is 16.7. The van der Waals surface area contributed by atoms with Gasteiger partial charge in [0.25, 0.3) is 5.91 Å². The number of nitrogens with one attached hydrogen (secondary N) is 1. The summed E-state index contributed by atoms with van der Waals surface area (Å²) in [7, 11) is 1.56. The summed E-state index contributed by atoms with van der Waals surface area (Å²) in [5, 5.41) is 2.82. The number of dihydropyridines is 1. The summed E-state index contributed by atoms with van der Waals surface area (Å²) < 4.78 is 17.1. The molecule has 35 heavy (non-hydrogen) atoms. The number of ether oxygens (including phenoxy) is 3. The zero-order valence-corrected chi connectivity index (χ0v) is 19.0. The van der Waals surface area contributed by atoms with E-state index in [0.717, 1.165) is 16.0 Å². The van der Waals surface area contributed by atoms with E-state index in [-0.39, 0.29) is 32.3 Å². The van der Waals surface area contributed by atoms with Crippen LogP contribution in [0, 0.1) is 0 Å². The number of hydrogen-bond donors (Lipinski definition) is 1. The quantitative estimate of drug-likeness (QED) is 0.610. The molecule has 10 nitrogen and oxygen atoms in total. The second-order valence-corrected chi connectivity index (χ2v) is 8.09. The van der Waals surface area contributed by atoms with Crippen molar-refractivity contribution in [2.45, 2.75) is 19.1 Å². The number of amides is 4. The van der Waals surface area contributed by atoms with Crippen LogP contribution >= 0.6 is 0 Å². The third kappa shape index (κ3) is 4.50. The normalized spacial score (nSPS) is 18.1. The number of imide groups is 1. The molecule has 5 rings (SSSR count). The maximum absolute atomic E-state index is 13.3. The lowest BCUT2D eigenvalue weighted by Gasteiger charge is -2.26. The molecule has 1 unspecified atom stereocenters. The highest BCUT2D eigenvalue weighted by Gasteiger charge is 2.48. The van der Waals surface area contributed by atoms with Gasteiger partial charge in [-0.3, -0.25) is 9.79 Å². The SMILES string of the molecule is COc1ccc(CN2C(=O)C3N=CC=CC3=[N+](CC(=O)NCc3ccc4c(c3)OCO4)C2=O)cc1. The molecule has 3 aliphatic rings. The Kier molecular flexibility index (Phi) is 6.01. The number of allylic oxidation sites excluding steroid dienone is 1. The monoisotopic (exact) mass is 475 g/mol. The van der Waals surface area contributed by atoms with Crippen LogP contribution in [0.25, 0.3) is 0 Å². The third-order valence-electron chi connectivity index (χ3n) is 5.87. The van der Waals surface area contributed by atoms with Gasteiger partial charge < -0.3 is 19.5 Å². The molecule has 0 spiro atoms. The van der Waals surface area contributed by atoms with E-state index >= 15 is 0 Å². The van der Waals surface area contributed by atoms with E-state index in [9.17, 15) is 14.4 Å². The summed E-state index contributed by atoms with van der Waals surface area (Å²) in [4.78, 5) is 44.6. The number of hydrogen-bond acceptors (Lipinski definition) is 7. The molecule has 0 aliphatic carbocycles. The number of benzene rings is 2. The lowest BCUT2D eigenvalue weighted by Crippen LogP contribution is -2.57. The molecule has 0 aromatic heterocycles. The second-order valence-electron chi connectivity index (χ2n) is 8.09. The summed E-state index contributed by atoms with van der Waals surface area (Å²) >= 11 is 0. The minimum absolute atomic E-state index is 0.0555. The van der Waals surface area contributed by atoms with Crippen molar-refractivity contribution < 1.29 is 33.2 Å². The van der Waals surface area contributed by atoms with E-state index in [1.807, 2.05) is 6.07 Å². The van der Waals surface area contributed by atoms with E-state index in [0.29, 0.717) is 23.0 Å². The summed E-state index contributed by atoms with van der Waals surface area (Å²) in [6.07, 6.45) is 4.80. The van der Waals surface area contributed by atoms with Crippen LogP contribution in [0.3, 0.4) is 0 Å². The minimum Gasteiger partial charge on any atom is -0.497 e. The summed E-state index contributed by atoms with van der Waals surface area (Å²) in [6.45, 7) is 0.226. The number of aliphatic imine (C=N–C) groups is 1. The molecule has 178 valence electrons. The van der Waals surface area contributed by atoms with Gasteiger partial charge in [-0.15, -0.1) is 0 Å². The van der Waals surface area contributed by atoms with Gasteiger partial charge in [0, 0.05) is 12.8 Å². The Morgan fingerprint density at radius 2 is 1.91 bits per heavy atom. The molecule has 2 aromatic rings. The van der Waals surface area contributed by atoms with Crippen molar-refractivity contribution in [2.24, 2.45) is 4.99 Å². The van der Waals surface area contributed by atoms with E-state index in [1.165, 1.54) is 10.8 Å². The number of urea groups is 1. The molecule has 0 radical (unpaired) electrons. The van der Waals surface area contributed by atoms with Crippen LogP contribution in [0.1, 0.15) is 11.1 Å². The van der Waals surface area contributed by atoms with E-state index in [2.05, 4.69) is 10.3 Å². The van der Waals surface area contributed by atoms with Crippen LogP contribution in [0.4, 0.5) is 4.79 Å². The Morgan fingerprint density at radius 1 is 1.14 bits per heavy atom. The number of carbonyl (C=O) groups is 3. The lowest BCUT2D eigenvalue weighted by molar-refractivity contribution is -0.428. The predicted molar refractivity (Wildman–Crippen MR) is 125 cm³/mol. The highest BCUT2D eigenvalue weighted by molar-refractivity contribution is 6.20. The van der Waals surface area contributed by atoms with Gasteiger partial charge in [0.15, 0.2) is 18.0 Å². The maximum atomic E-state index is 13.3. The molecule has 10 heteroatoms. The minimum atomic E-state index is -0.877. The molecule has 3 heterocycles. The van der Waals surface area contributed by atoms with Crippen LogP contribution in [0.5, 0.6) is 17.2 Å². The molecule has 2 aromatic carbocycles. The van der Waals surface area contributed by atoms with Crippen LogP contribution < -0.4 is 19.5 Å². The van der Waals surface area contributed by atoms with Crippen LogP contribution in [0.2, 0.25) is 0 Å². The van der Waals surface area contributed by atoms with Crippen LogP contribution in [0.15, 0.2) is 59.6 Å². The average molecular weight is 475 g/mol. The van der Waals surface area contributed by atoms with Crippen LogP contribution in [-0.4, -0.2) is 65.7 Å². The largest absolute Gasteiger partial charge is 0.501 e. The summed E-state index contributed by atoms with van der Waals surface area (Å²) in [5.74, 6) is 1.15. The Balaban J connectivity index is 1.32. The molecule has 0 saturated heterocycles. The molecular weight excluding hydrogens is 452 g/mol. The predicted octanol–water partition coefficient (Wildman–Crippen LogP) is 1.67. The number of carbonyl (C=O) groups excluding carboxylic acids is 3. The molecule has 1 N–H and O–H groups in total. The Morgan fingerprint density at radius 3 is 2.71 bits per heavy atom. The first-order valence-electron chi connectivity index (χ1n) is 11.0. The summed E-state index contributed by atoms with van der Waals surface area (Å²) in [6, 6.07) is 11.0. The first-order chi connectivity index (χ1) is 17.0. The number of rotatable bonds is 7. The van der Waals surface area contributed by atoms with Gasteiger partial charge in [-0.2, -0.15) is 14.3 Å². The van der Waals surface area contributed by atoms with Gasteiger partial charge in [-0.1, -0.05) is 18.2 Å². The van der Waals surface area contributed by atoms with Gasteiger partial charge in [-0.05, 0) is 47.5 Å². The van der Waals surface area contributed by atoms with Crippen molar-refractivity contribution in [1.82, 2.24) is 10.2 Å². The van der Waals surface area contributed by atoms with Gasteiger partial charge in [0.05, 0.1) is 7.11 Å². The fourth-order valence-corrected chi connectivity index (χ4v) is 4.04. The van der Waals surface area contributed by atoms with Crippen molar-refractivity contribution in [3.05, 3.63) is 65.7 Å². The Hall–Kier alpha value is -4.47. The molecule has 0 bridgehead atoms. The molecule has 1 atom stereocenters. The summed E-state index contributed by atoms with van der Waals surface area (Å²) in [5.41, 5.74) is 1.96. The zero-order chi connectivity index (χ0) is 24.4.